The van der Waals surface area contributed by atoms with Crippen molar-refractivity contribution in [1.29, 1.82) is 0 Å². The first-order valence-corrected chi connectivity index (χ1v) is 6.48. The zero-order chi connectivity index (χ0) is 14.0. The third kappa shape index (κ3) is 3.18. The second kappa shape index (κ2) is 5.10. The predicted molar refractivity (Wildman–Crippen MR) is 71.5 cm³/mol. The molecule has 0 aliphatic rings. The minimum atomic E-state index is -0.166. The van der Waals surface area contributed by atoms with Gasteiger partial charge in [0.25, 0.3) is 0 Å². The lowest BCUT2D eigenvalue weighted by Gasteiger charge is -2.18. The van der Waals surface area contributed by atoms with Gasteiger partial charge >= 0.3 is 0 Å². The number of rotatable bonds is 3. The van der Waals surface area contributed by atoms with Crippen molar-refractivity contribution < 1.29 is 0 Å². The molecule has 0 atom stereocenters. The molecule has 102 valence electrons. The minimum absolute atomic E-state index is 0.166. The van der Waals surface area contributed by atoms with Crippen molar-refractivity contribution in [3.05, 3.63) is 11.9 Å². The number of aryl methyl sites for hydroxylation is 1. The fourth-order valence-corrected chi connectivity index (χ4v) is 2.02. The van der Waals surface area contributed by atoms with E-state index < -0.39 is 0 Å². The lowest BCUT2D eigenvalue weighted by atomic mass is 9.96. The van der Waals surface area contributed by atoms with E-state index in [-0.39, 0.29) is 5.41 Å². The normalized spacial score (nSPS) is 11.6. The van der Waals surface area contributed by atoms with Crippen LogP contribution in [-0.2, 0) is 12.5 Å². The van der Waals surface area contributed by atoms with E-state index in [4.69, 9.17) is 5.84 Å². The molecule has 0 bridgehead atoms. The summed E-state index contributed by atoms with van der Waals surface area (Å²) in [4.78, 5) is 8.87. The molecule has 2 rings (SSSR count). The van der Waals surface area contributed by atoms with Crippen LogP contribution < -0.4 is 11.3 Å². The number of hydrogen-bond donors (Lipinski definition) is 2. The van der Waals surface area contributed by atoms with Gasteiger partial charge < -0.3 is 5.43 Å². The summed E-state index contributed by atoms with van der Waals surface area (Å²) in [6, 6.07) is 1.76. The van der Waals surface area contributed by atoms with Crippen LogP contribution in [0.1, 0.15) is 26.6 Å². The lowest BCUT2D eigenvalue weighted by Crippen LogP contribution is -2.19. The standard InChI is InChI=1S/C10H16N8S/c1-10(2,3)8-12-6(14-11)5-7(13-8)19-9-15-16-17-18(9)4/h5H,11H2,1-4H3,(H,12,13,14). The van der Waals surface area contributed by atoms with Crippen molar-refractivity contribution in [2.45, 2.75) is 36.4 Å². The summed E-state index contributed by atoms with van der Waals surface area (Å²) in [6.07, 6.45) is 0. The van der Waals surface area contributed by atoms with Gasteiger partial charge in [-0.25, -0.2) is 20.5 Å². The number of anilines is 1. The molecule has 0 saturated carbocycles. The second-order valence-corrected chi connectivity index (χ2v) is 5.98. The minimum Gasteiger partial charge on any atom is -0.308 e. The number of hydrogen-bond acceptors (Lipinski definition) is 8. The van der Waals surface area contributed by atoms with Gasteiger partial charge in [-0.1, -0.05) is 20.8 Å². The van der Waals surface area contributed by atoms with Crippen LogP contribution in [-0.4, -0.2) is 30.2 Å². The predicted octanol–water partition coefficient (Wildman–Crippen LogP) is 0.734. The highest BCUT2D eigenvalue weighted by atomic mass is 32.2. The second-order valence-electron chi connectivity index (χ2n) is 5.00. The van der Waals surface area contributed by atoms with E-state index in [0.29, 0.717) is 16.8 Å². The van der Waals surface area contributed by atoms with Gasteiger partial charge in [0.05, 0.1) is 0 Å². The zero-order valence-corrected chi connectivity index (χ0v) is 12.1. The molecule has 3 N–H and O–H groups in total. The van der Waals surface area contributed by atoms with Gasteiger partial charge in [-0.3, -0.25) is 0 Å². The molecule has 0 amide bonds. The van der Waals surface area contributed by atoms with Gasteiger partial charge in [-0.05, 0) is 22.2 Å². The smallest absolute Gasteiger partial charge is 0.215 e. The zero-order valence-electron chi connectivity index (χ0n) is 11.2. The van der Waals surface area contributed by atoms with Crippen LogP contribution in [0.4, 0.5) is 5.82 Å². The van der Waals surface area contributed by atoms with Crippen molar-refractivity contribution in [3.8, 4) is 0 Å². The van der Waals surface area contributed by atoms with E-state index in [9.17, 15) is 0 Å². The molecule has 2 heterocycles. The Morgan fingerprint density at radius 2 is 2.05 bits per heavy atom. The van der Waals surface area contributed by atoms with Gasteiger partial charge in [0.2, 0.25) is 5.16 Å². The average molecular weight is 280 g/mol. The molecule has 2 aromatic rings. The van der Waals surface area contributed by atoms with E-state index in [1.54, 1.807) is 17.8 Å². The van der Waals surface area contributed by atoms with Gasteiger partial charge in [-0.2, -0.15) is 0 Å². The van der Waals surface area contributed by atoms with Gasteiger partial charge in [0.15, 0.2) is 0 Å². The van der Waals surface area contributed by atoms with Gasteiger partial charge in [-0.15, -0.1) is 5.10 Å². The van der Waals surface area contributed by atoms with Crippen LogP contribution in [0.2, 0.25) is 0 Å². The molecule has 0 aliphatic carbocycles. The SMILES string of the molecule is Cn1nnnc1Sc1cc(NN)nc(C(C)(C)C)n1. The quantitative estimate of drug-likeness (QED) is 0.481. The van der Waals surface area contributed by atoms with E-state index in [1.165, 1.54) is 11.8 Å². The van der Waals surface area contributed by atoms with Crippen molar-refractivity contribution in [2.75, 3.05) is 5.43 Å². The number of hydrazine groups is 1. The average Bonchev–Trinajstić information content (AvgIpc) is 2.73. The van der Waals surface area contributed by atoms with Crippen LogP contribution in [0.5, 0.6) is 0 Å². The largest absolute Gasteiger partial charge is 0.308 e. The summed E-state index contributed by atoms with van der Waals surface area (Å²) in [5.74, 6) is 6.72. The number of nitrogen functional groups attached to an aromatic ring is 1. The van der Waals surface area contributed by atoms with Crippen LogP contribution >= 0.6 is 11.8 Å². The van der Waals surface area contributed by atoms with E-state index in [2.05, 4.69) is 30.9 Å². The summed E-state index contributed by atoms with van der Waals surface area (Å²) < 4.78 is 1.58. The van der Waals surface area contributed by atoms with Crippen LogP contribution in [0, 0.1) is 0 Å². The molecule has 0 unspecified atom stereocenters. The Kier molecular flexibility index (Phi) is 3.67. The first-order chi connectivity index (χ1) is 8.90. The molecule has 0 fully saturated rings. The van der Waals surface area contributed by atoms with Gasteiger partial charge in [0.1, 0.15) is 16.7 Å². The molecule has 8 nitrogen and oxygen atoms in total. The number of aromatic nitrogens is 6. The summed E-state index contributed by atoms with van der Waals surface area (Å²) in [7, 11) is 1.77. The van der Waals surface area contributed by atoms with Crippen LogP contribution in [0.15, 0.2) is 16.2 Å². The Morgan fingerprint density at radius 3 is 2.58 bits per heavy atom. The Hall–Kier alpha value is -1.74. The first-order valence-electron chi connectivity index (χ1n) is 5.66. The summed E-state index contributed by atoms with van der Waals surface area (Å²) in [5.41, 5.74) is 2.38. The number of nitrogens with one attached hydrogen (secondary N) is 1. The third-order valence-electron chi connectivity index (χ3n) is 2.30. The topological polar surface area (TPSA) is 107 Å². The molecule has 0 radical (unpaired) electrons. The van der Waals surface area contributed by atoms with Crippen molar-refractivity contribution in [2.24, 2.45) is 12.9 Å². The lowest BCUT2D eigenvalue weighted by molar-refractivity contribution is 0.539. The molecule has 0 aromatic carbocycles. The number of nitrogens with zero attached hydrogens (tertiary/aromatic N) is 6. The van der Waals surface area contributed by atoms with Gasteiger partial charge in [0, 0.05) is 18.5 Å². The Morgan fingerprint density at radius 1 is 1.32 bits per heavy atom. The number of nitrogens with two attached hydrogens (primary N) is 1. The van der Waals surface area contributed by atoms with Crippen molar-refractivity contribution >= 4 is 17.6 Å². The third-order valence-corrected chi connectivity index (χ3v) is 3.25. The Balaban J connectivity index is 2.37. The van der Waals surface area contributed by atoms with Crippen LogP contribution in [0.25, 0.3) is 0 Å². The van der Waals surface area contributed by atoms with E-state index in [1.807, 2.05) is 20.8 Å². The molecule has 19 heavy (non-hydrogen) atoms. The fourth-order valence-electron chi connectivity index (χ4n) is 1.29. The summed E-state index contributed by atoms with van der Waals surface area (Å²) in [6.45, 7) is 6.13. The highest BCUT2D eigenvalue weighted by Crippen LogP contribution is 2.27. The van der Waals surface area contributed by atoms with Crippen molar-refractivity contribution in [3.63, 3.8) is 0 Å². The summed E-state index contributed by atoms with van der Waals surface area (Å²) >= 11 is 1.36. The number of tetrazole rings is 1. The Bertz CT molecular complexity index is 573. The Labute approximate surface area is 115 Å². The fraction of sp³-hybridized carbons (Fsp3) is 0.500. The maximum Gasteiger partial charge on any atom is 0.215 e. The maximum atomic E-state index is 5.44. The molecule has 0 spiro atoms. The molecule has 2 aromatic heterocycles. The highest BCUT2D eigenvalue weighted by Gasteiger charge is 2.20. The van der Waals surface area contributed by atoms with E-state index in [0.717, 1.165) is 5.03 Å². The molecule has 0 saturated heterocycles. The highest BCUT2D eigenvalue weighted by molar-refractivity contribution is 7.99. The monoisotopic (exact) mass is 280 g/mol. The molecular formula is C10H16N8S. The summed E-state index contributed by atoms with van der Waals surface area (Å²) in [5, 5.41) is 12.7. The maximum absolute atomic E-state index is 5.44. The molecule has 9 heteroatoms. The first kappa shape index (κ1) is 13.7. The van der Waals surface area contributed by atoms with Crippen LogP contribution in [0.3, 0.4) is 0 Å². The van der Waals surface area contributed by atoms with Crippen molar-refractivity contribution in [1.82, 2.24) is 30.2 Å². The molecule has 0 aliphatic heterocycles. The molecular weight excluding hydrogens is 264 g/mol. The van der Waals surface area contributed by atoms with E-state index >= 15 is 0 Å².